The SMILES string of the molecule is CCS(=O)(=O)N1CCc2cc(C(=O)NCc3cccnc3)ccc21. The van der Waals surface area contributed by atoms with Gasteiger partial charge in [0.1, 0.15) is 0 Å². The van der Waals surface area contributed by atoms with Crippen molar-refractivity contribution < 1.29 is 13.2 Å². The molecule has 1 aliphatic heterocycles. The molecule has 7 heteroatoms. The first-order valence-electron chi connectivity index (χ1n) is 7.81. The van der Waals surface area contributed by atoms with Gasteiger partial charge in [-0.3, -0.25) is 14.1 Å². The molecule has 1 aromatic carbocycles. The summed E-state index contributed by atoms with van der Waals surface area (Å²) in [6.07, 6.45) is 4.01. The number of sulfonamides is 1. The van der Waals surface area contributed by atoms with Gasteiger partial charge >= 0.3 is 0 Å². The van der Waals surface area contributed by atoms with Crippen molar-refractivity contribution >= 4 is 21.6 Å². The maximum atomic E-state index is 12.3. The topological polar surface area (TPSA) is 79.4 Å². The van der Waals surface area contributed by atoms with Gasteiger partial charge in [-0.15, -0.1) is 0 Å². The Kier molecular flexibility index (Phi) is 4.53. The van der Waals surface area contributed by atoms with Gasteiger partial charge in [-0.1, -0.05) is 6.07 Å². The number of nitrogens with zero attached hydrogens (tertiary/aromatic N) is 2. The van der Waals surface area contributed by atoms with E-state index in [-0.39, 0.29) is 11.7 Å². The highest BCUT2D eigenvalue weighted by molar-refractivity contribution is 7.92. The van der Waals surface area contributed by atoms with Gasteiger partial charge in [0.25, 0.3) is 5.91 Å². The van der Waals surface area contributed by atoms with Crippen molar-refractivity contribution in [3.05, 3.63) is 59.4 Å². The third-order valence-corrected chi connectivity index (χ3v) is 5.85. The molecule has 126 valence electrons. The zero-order chi connectivity index (χ0) is 17.2. The number of carbonyl (C=O) groups excluding carboxylic acids is 1. The molecule has 1 aromatic heterocycles. The Bertz CT molecular complexity index is 851. The lowest BCUT2D eigenvalue weighted by Crippen LogP contribution is -2.30. The van der Waals surface area contributed by atoms with E-state index < -0.39 is 10.0 Å². The number of amides is 1. The minimum atomic E-state index is -3.26. The molecule has 0 unspecified atom stereocenters. The van der Waals surface area contributed by atoms with E-state index in [1.54, 1.807) is 37.5 Å². The van der Waals surface area contributed by atoms with Crippen molar-refractivity contribution in [2.75, 3.05) is 16.6 Å². The van der Waals surface area contributed by atoms with E-state index in [1.807, 2.05) is 12.1 Å². The zero-order valence-electron chi connectivity index (χ0n) is 13.4. The second-order valence-electron chi connectivity index (χ2n) is 5.61. The molecule has 1 amide bonds. The summed E-state index contributed by atoms with van der Waals surface area (Å²) in [5.41, 5.74) is 3.03. The van der Waals surface area contributed by atoms with E-state index in [4.69, 9.17) is 0 Å². The molecule has 0 radical (unpaired) electrons. The Morgan fingerprint density at radius 1 is 1.33 bits per heavy atom. The summed E-state index contributed by atoms with van der Waals surface area (Å²) in [6, 6.07) is 8.87. The van der Waals surface area contributed by atoms with E-state index in [0.29, 0.717) is 30.8 Å². The average molecular weight is 345 g/mol. The number of hydrogen-bond acceptors (Lipinski definition) is 4. The number of benzene rings is 1. The molecule has 0 bridgehead atoms. The van der Waals surface area contributed by atoms with Gasteiger partial charge < -0.3 is 5.32 Å². The van der Waals surface area contributed by atoms with Crippen LogP contribution in [0.4, 0.5) is 5.69 Å². The molecule has 1 N–H and O–H groups in total. The molecule has 0 saturated carbocycles. The van der Waals surface area contributed by atoms with Crippen LogP contribution < -0.4 is 9.62 Å². The normalized spacial score (nSPS) is 13.6. The minimum absolute atomic E-state index is 0.0692. The van der Waals surface area contributed by atoms with Gasteiger partial charge in [0, 0.05) is 31.0 Å². The van der Waals surface area contributed by atoms with Gasteiger partial charge in [0.15, 0.2) is 0 Å². The van der Waals surface area contributed by atoms with Crippen LogP contribution in [0.5, 0.6) is 0 Å². The Morgan fingerprint density at radius 2 is 2.17 bits per heavy atom. The van der Waals surface area contributed by atoms with Crippen LogP contribution >= 0.6 is 0 Å². The Labute approximate surface area is 141 Å². The van der Waals surface area contributed by atoms with Crippen molar-refractivity contribution in [1.82, 2.24) is 10.3 Å². The number of aromatic nitrogens is 1. The van der Waals surface area contributed by atoms with Gasteiger partial charge in [-0.25, -0.2) is 8.42 Å². The number of pyridine rings is 1. The zero-order valence-corrected chi connectivity index (χ0v) is 14.2. The fraction of sp³-hybridized carbons (Fsp3) is 0.294. The lowest BCUT2D eigenvalue weighted by atomic mass is 10.1. The van der Waals surface area contributed by atoms with E-state index in [0.717, 1.165) is 11.1 Å². The van der Waals surface area contributed by atoms with E-state index in [1.165, 1.54) is 4.31 Å². The number of carbonyl (C=O) groups is 1. The number of nitrogens with one attached hydrogen (secondary N) is 1. The van der Waals surface area contributed by atoms with Crippen LogP contribution in [0.3, 0.4) is 0 Å². The quantitative estimate of drug-likeness (QED) is 0.895. The predicted octanol–water partition coefficient (Wildman–Crippen LogP) is 1.72. The first kappa shape index (κ1) is 16.4. The van der Waals surface area contributed by atoms with Gasteiger partial charge in [-0.05, 0) is 48.7 Å². The molecule has 2 aromatic rings. The first-order valence-corrected chi connectivity index (χ1v) is 9.42. The molecular formula is C17H19N3O3S. The average Bonchev–Trinajstić information content (AvgIpc) is 3.04. The summed E-state index contributed by atoms with van der Waals surface area (Å²) in [6.45, 7) is 2.47. The van der Waals surface area contributed by atoms with Crippen LogP contribution in [0.15, 0.2) is 42.7 Å². The Hall–Kier alpha value is -2.41. The third kappa shape index (κ3) is 3.26. The third-order valence-electron chi connectivity index (χ3n) is 4.07. The van der Waals surface area contributed by atoms with Crippen molar-refractivity contribution in [2.45, 2.75) is 19.9 Å². The summed E-state index contributed by atoms with van der Waals surface area (Å²) in [5, 5.41) is 2.85. The number of anilines is 1. The highest BCUT2D eigenvalue weighted by Crippen LogP contribution is 2.31. The lowest BCUT2D eigenvalue weighted by Gasteiger charge is -2.18. The van der Waals surface area contributed by atoms with Gasteiger partial charge in [0.05, 0.1) is 11.4 Å². The maximum Gasteiger partial charge on any atom is 0.251 e. The van der Waals surface area contributed by atoms with Crippen LogP contribution in [0.1, 0.15) is 28.4 Å². The largest absolute Gasteiger partial charge is 0.348 e. The lowest BCUT2D eigenvalue weighted by molar-refractivity contribution is 0.0951. The first-order chi connectivity index (χ1) is 11.5. The Morgan fingerprint density at radius 3 is 2.88 bits per heavy atom. The second-order valence-corrected chi connectivity index (χ2v) is 7.79. The molecule has 3 rings (SSSR count). The van der Waals surface area contributed by atoms with Crippen LogP contribution in [-0.2, 0) is 23.0 Å². The fourth-order valence-electron chi connectivity index (χ4n) is 2.74. The van der Waals surface area contributed by atoms with Crippen molar-refractivity contribution in [3.63, 3.8) is 0 Å². The highest BCUT2D eigenvalue weighted by atomic mass is 32.2. The van der Waals surface area contributed by atoms with Crippen molar-refractivity contribution in [1.29, 1.82) is 0 Å². The molecule has 2 heterocycles. The standard InChI is InChI=1S/C17H19N3O3S/c1-2-24(22,23)20-9-7-14-10-15(5-6-16(14)20)17(21)19-12-13-4-3-8-18-11-13/h3-6,8,10-11H,2,7,9,12H2,1H3,(H,19,21). The molecular weight excluding hydrogens is 326 g/mol. The van der Waals surface area contributed by atoms with Crippen LogP contribution in [-0.4, -0.2) is 31.6 Å². The smallest absolute Gasteiger partial charge is 0.251 e. The molecule has 1 aliphatic rings. The van der Waals surface area contributed by atoms with E-state index in [9.17, 15) is 13.2 Å². The number of rotatable bonds is 5. The highest BCUT2D eigenvalue weighted by Gasteiger charge is 2.28. The summed E-state index contributed by atoms with van der Waals surface area (Å²) in [7, 11) is -3.26. The molecule has 0 saturated heterocycles. The Balaban J connectivity index is 1.74. The molecule has 24 heavy (non-hydrogen) atoms. The summed E-state index contributed by atoms with van der Waals surface area (Å²) in [4.78, 5) is 16.3. The second kappa shape index (κ2) is 6.60. The number of hydrogen-bond donors (Lipinski definition) is 1. The molecule has 0 aliphatic carbocycles. The number of fused-ring (bicyclic) bond motifs is 1. The van der Waals surface area contributed by atoms with Crippen molar-refractivity contribution in [3.8, 4) is 0 Å². The predicted molar refractivity (Wildman–Crippen MR) is 92.4 cm³/mol. The summed E-state index contributed by atoms with van der Waals surface area (Å²) < 4.78 is 25.6. The minimum Gasteiger partial charge on any atom is -0.348 e. The van der Waals surface area contributed by atoms with E-state index >= 15 is 0 Å². The molecule has 6 nitrogen and oxygen atoms in total. The van der Waals surface area contributed by atoms with Gasteiger partial charge in [-0.2, -0.15) is 0 Å². The maximum absolute atomic E-state index is 12.3. The molecule has 0 fully saturated rings. The summed E-state index contributed by atoms with van der Waals surface area (Å²) >= 11 is 0. The summed E-state index contributed by atoms with van der Waals surface area (Å²) in [5.74, 6) is -0.113. The van der Waals surface area contributed by atoms with Crippen LogP contribution in [0.2, 0.25) is 0 Å². The van der Waals surface area contributed by atoms with Gasteiger partial charge in [0.2, 0.25) is 10.0 Å². The van der Waals surface area contributed by atoms with Crippen LogP contribution in [0.25, 0.3) is 0 Å². The monoisotopic (exact) mass is 345 g/mol. The van der Waals surface area contributed by atoms with E-state index in [2.05, 4.69) is 10.3 Å². The van der Waals surface area contributed by atoms with Crippen LogP contribution in [0, 0.1) is 0 Å². The molecule has 0 atom stereocenters. The fourth-order valence-corrected chi connectivity index (χ4v) is 3.90. The van der Waals surface area contributed by atoms with Crippen molar-refractivity contribution in [2.24, 2.45) is 0 Å². The molecule has 0 spiro atoms.